The predicted molar refractivity (Wildman–Crippen MR) is 83.0 cm³/mol. The molecule has 0 fully saturated rings. The van der Waals surface area contributed by atoms with Gasteiger partial charge in [-0.05, 0) is 43.8 Å². The van der Waals surface area contributed by atoms with Crippen LogP contribution in [0.25, 0.3) is 0 Å². The minimum Gasteiger partial charge on any atom is -0.353 e. The summed E-state index contributed by atoms with van der Waals surface area (Å²) in [4.78, 5) is 10.9. The molecule has 0 aliphatic heterocycles. The summed E-state index contributed by atoms with van der Waals surface area (Å²) >= 11 is 6.15. The van der Waals surface area contributed by atoms with Crippen molar-refractivity contribution in [2.75, 3.05) is 18.5 Å². The number of halogens is 1. The van der Waals surface area contributed by atoms with Gasteiger partial charge in [0.05, 0.1) is 10.7 Å². The Bertz CT molecular complexity index is 545. The van der Waals surface area contributed by atoms with Crippen molar-refractivity contribution in [2.45, 2.75) is 20.0 Å². The van der Waals surface area contributed by atoms with Crippen molar-refractivity contribution in [1.29, 1.82) is 0 Å². The normalized spacial score (nSPS) is 10.6. The van der Waals surface area contributed by atoms with Gasteiger partial charge in [0, 0.05) is 32.0 Å². The molecule has 0 atom stereocenters. The Balaban J connectivity index is 2.21. The van der Waals surface area contributed by atoms with Crippen molar-refractivity contribution >= 4 is 17.4 Å². The molecule has 0 amide bonds. The Hall–Kier alpha value is -1.65. The van der Waals surface area contributed by atoms with E-state index in [1.165, 1.54) is 5.56 Å². The van der Waals surface area contributed by atoms with Crippen LogP contribution in [0, 0.1) is 0 Å². The number of hydrogen-bond donors (Lipinski definition) is 1. The third-order valence-electron chi connectivity index (χ3n) is 3.08. The molecule has 0 bridgehead atoms. The van der Waals surface area contributed by atoms with Gasteiger partial charge in [-0.15, -0.1) is 0 Å². The molecule has 5 heteroatoms. The molecule has 0 aliphatic rings. The van der Waals surface area contributed by atoms with E-state index >= 15 is 0 Å². The van der Waals surface area contributed by atoms with Gasteiger partial charge in [0.25, 0.3) is 0 Å². The van der Waals surface area contributed by atoms with Crippen LogP contribution in [-0.2, 0) is 13.1 Å². The van der Waals surface area contributed by atoms with Gasteiger partial charge < -0.3 is 10.2 Å². The van der Waals surface area contributed by atoms with Gasteiger partial charge in [-0.25, -0.2) is 4.98 Å². The van der Waals surface area contributed by atoms with Crippen LogP contribution in [0.1, 0.15) is 18.2 Å². The lowest BCUT2D eigenvalue weighted by Gasteiger charge is -2.23. The van der Waals surface area contributed by atoms with Gasteiger partial charge >= 0.3 is 0 Å². The highest BCUT2D eigenvalue weighted by Crippen LogP contribution is 2.20. The molecule has 0 aliphatic carbocycles. The highest BCUT2D eigenvalue weighted by atomic mass is 35.5. The third-order valence-corrected chi connectivity index (χ3v) is 3.42. The van der Waals surface area contributed by atoms with Gasteiger partial charge in [-0.1, -0.05) is 11.6 Å². The largest absolute Gasteiger partial charge is 0.353 e. The Morgan fingerprint density at radius 1 is 1.20 bits per heavy atom. The zero-order valence-corrected chi connectivity index (χ0v) is 12.6. The molecular formula is C15H19ClN4. The number of rotatable bonds is 6. The first-order chi connectivity index (χ1) is 9.74. The lowest BCUT2D eigenvalue weighted by Crippen LogP contribution is -2.23. The van der Waals surface area contributed by atoms with Crippen LogP contribution in [-0.4, -0.2) is 23.6 Å². The lowest BCUT2D eigenvalue weighted by molar-refractivity contribution is 0.769. The van der Waals surface area contributed by atoms with E-state index in [4.69, 9.17) is 11.6 Å². The molecule has 1 N–H and O–H groups in total. The molecule has 106 valence electrons. The Morgan fingerprint density at radius 3 is 2.60 bits per heavy atom. The fourth-order valence-electron chi connectivity index (χ4n) is 2.00. The third kappa shape index (κ3) is 3.68. The molecule has 0 spiro atoms. The SMILES string of the molecule is CCN(Cc1ccncc1)c1ccc(Cl)c(CNC)n1. The summed E-state index contributed by atoms with van der Waals surface area (Å²) in [6, 6.07) is 7.91. The van der Waals surface area contributed by atoms with Crippen molar-refractivity contribution in [3.63, 3.8) is 0 Å². The van der Waals surface area contributed by atoms with Crippen molar-refractivity contribution in [2.24, 2.45) is 0 Å². The van der Waals surface area contributed by atoms with E-state index < -0.39 is 0 Å². The molecular weight excluding hydrogens is 272 g/mol. The Kier molecular flexibility index (Phi) is 5.32. The van der Waals surface area contributed by atoms with E-state index in [2.05, 4.69) is 27.1 Å². The average Bonchev–Trinajstić information content (AvgIpc) is 2.48. The predicted octanol–water partition coefficient (Wildman–Crippen LogP) is 2.88. The first kappa shape index (κ1) is 14.8. The number of hydrogen-bond acceptors (Lipinski definition) is 4. The molecule has 2 rings (SSSR count). The molecule has 2 aromatic heterocycles. The van der Waals surface area contributed by atoms with Crippen molar-refractivity contribution in [3.8, 4) is 0 Å². The first-order valence-electron chi connectivity index (χ1n) is 6.68. The minimum atomic E-state index is 0.666. The summed E-state index contributed by atoms with van der Waals surface area (Å²) in [5.41, 5.74) is 2.09. The maximum Gasteiger partial charge on any atom is 0.129 e. The smallest absolute Gasteiger partial charge is 0.129 e. The quantitative estimate of drug-likeness (QED) is 0.888. The van der Waals surface area contributed by atoms with Gasteiger partial charge in [0.15, 0.2) is 0 Å². The van der Waals surface area contributed by atoms with E-state index in [9.17, 15) is 0 Å². The average molecular weight is 291 g/mol. The van der Waals surface area contributed by atoms with Crippen LogP contribution < -0.4 is 10.2 Å². The molecule has 0 saturated heterocycles. The second-order valence-corrected chi connectivity index (χ2v) is 4.91. The summed E-state index contributed by atoms with van der Waals surface area (Å²) in [6.07, 6.45) is 3.62. The van der Waals surface area contributed by atoms with Gasteiger partial charge in [-0.3, -0.25) is 4.98 Å². The highest BCUT2D eigenvalue weighted by Gasteiger charge is 2.09. The topological polar surface area (TPSA) is 41.1 Å². The van der Waals surface area contributed by atoms with Crippen LogP contribution >= 0.6 is 11.6 Å². The van der Waals surface area contributed by atoms with Crippen LogP contribution in [0.5, 0.6) is 0 Å². The number of nitrogens with one attached hydrogen (secondary N) is 1. The molecule has 4 nitrogen and oxygen atoms in total. The fraction of sp³-hybridized carbons (Fsp3) is 0.333. The summed E-state index contributed by atoms with van der Waals surface area (Å²) in [5, 5.41) is 3.78. The zero-order chi connectivity index (χ0) is 14.4. The molecule has 0 aromatic carbocycles. The van der Waals surface area contributed by atoms with Crippen molar-refractivity contribution < 1.29 is 0 Å². The number of aromatic nitrogens is 2. The maximum atomic E-state index is 6.15. The van der Waals surface area contributed by atoms with E-state index in [0.29, 0.717) is 11.6 Å². The van der Waals surface area contributed by atoms with Crippen LogP contribution in [0.3, 0.4) is 0 Å². The maximum absolute atomic E-state index is 6.15. The fourth-order valence-corrected chi connectivity index (χ4v) is 2.18. The van der Waals surface area contributed by atoms with Gasteiger partial charge in [0.1, 0.15) is 5.82 Å². The van der Waals surface area contributed by atoms with Crippen LogP contribution in [0.4, 0.5) is 5.82 Å². The minimum absolute atomic E-state index is 0.666. The zero-order valence-electron chi connectivity index (χ0n) is 11.8. The van der Waals surface area contributed by atoms with Crippen molar-refractivity contribution in [1.82, 2.24) is 15.3 Å². The molecule has 2 aromatic rings. The van der Waals surface area contributed by atoms with E-state index in [1.807, 2.05) is 43.7 Å². The molecule has 20 heavy (non-hydrogen) atoms. The summed E-state index contributed by atoms with van der Waals surface area (Å²) in [5.74, 6) is 0.943. The van der Waals surface area contributed by atoms with E-state index in [0.717, 1.165) is 24.6 Å². The lowest BCUT2D eigenvalue weighted by atomic mass is 10.2. The van der Waals surface area contributed by atoms with E-state index in [1.54, 1.807) is 0 Å². The van der Waals surface area contributed by atoms with Crippen LogP contribution in [0.2, 0.25) is 5.02 Å². The standard InChI is InChI=1S/C15H19ClN4/c1-3-20(11-12-6-8-18-9-7-12)15-5-4-13(16)14(19-15)10-17-2/h4-9,17H,3,10-11H2,1-2H3. The van der Waals surface area contributed by atoms with E-state index in [-0.39, 0.29) is 0 Å². The number of nitrogens with zero attached hydrogens (tertiary/aromatic N) is 3. The van der Waals surface area contributed by atoms with Crippen LogP contribution in [0.15, 0.2) is 36.7 Å². The number of anilines is 1. The monoisotopic (exact) mass is 290 g/mol. The van der Waals surface area contributed by atoms with Crippen molar-refractivity contribution in [3.05, 3.63) is 52.9 Å². The highest BCUT2D eigenvalue weighted by molar-refractivity contribution is 6.31. The first-order valence-corrected chi connectivity index (χ1v) is 7.06. The molecule has 0 saturated carbocycles. The summed E-state index contributed by atoms with van der Waals surface area (Å²) in [7, 11) is 1.89. The second-order valence-electron chi connectivity index (χ2n) is 4.50. The summed E-state index contributed by atoms with van der Waals surface area (Å²) in [6.45, 7) is 4.48. The van der Waals surface area contributed by atoms with Gasteiger partial charge in [0.2, 0.25) is 0 Å². The Labute approximate surface area is 124 Å². The summed E-state index contributed by atoms with van der Waals surface area (Å²) < 4.78 is 0. The van der Waals surface area contributed by atoms with Gasteiger partial charge in [-0.2, -0.15) is 0 Å². The second kappa shape index (κ2) is 7.22. The molecule has 0 radical (unpaired) electrons. The number of pyridine rings is 2. The molecule has 2 heterocycles. The Morgan fingerprint density at radius 2 is 1.95 bits per heavy atom. The molecule has 0 unspecified atom stereocenters.